The molecule has 2 amide bonds. The van der Waals surface area contributed by atoms with E-state index in [1.807, 2.05) is 41.8 Å². The Balaban J connectivity index is 1.85. The first kappa shape index (κ1) is 16.4. The molecule has 2 aliphatic rings. The highest BCUT2D eigenvalue weighted by Crippen LogP contribution is 2.29. The van der Waals surface area contributed by atoms with Gasteiger partial charge in [-0.15, -0.1) is 0 Å². The van der Waals surface area contributed by atoms with Gasteiger partial charge in [-0.3, -0.25) is 9.59 Å². The van der Waals surface area contributed by atoms with Gasteiger partial charge in [0, 0.05) is 26.1 Å². The number of hydrogen-bond acceptors (Lipinski definition) is 3. The monoisotopic (exact) mass is 332 g/mol. The van der Waals surface area contributed by atoms with Crippen LogP contribution in [0.1, 0.15) is 35.2 Å². The fourth-order valence-corrected chi connectivity index (χ4v) is 4.26. The number of likely N-dealkylation sites (tertiary alicyclic amines) is 1. The molecule has 23 heavy (non-hydrogen) atoms. The second-order valence-corrected chi connectivity index (χ2v) is 7.44. The highest BCUT2D eigenvalue weighted by atomic mass is 32.2. The van der Waals surface area contributed by atoms with E-state index < -0.39 is 0 Å². The lowest BCUT2D eigenvalue weighted by molar-refractivity contribution is -0.117. The number of hydrogen-bond donors (Lipinski definition) is 0. The van der Waals surface area contributed by atoms with Crippen LogP contribution in [0.2, 0.25) is 0 Å². The van der Waals surface area contributed by atoms with Crippen LogP contribution in [0.5, 0.6) is 0 Å². The molecule has 5 heteroatoms. The fourth-order valence-electron chi connectivity index (χ4n) is 3.52. The Hall–Kier alpha value is -1.49. The molecule has 1 unspecified atom stereocenters. The average molecular weight is 332 g/mol. The largest absolute Gasteiger partial charge is 0.338 e. The number of nitrogens with zero attached hydrogens (tertiary/aromatic N) is 2. The molecule has 0 bridgehead atoms. The van der Waals surface area contributed by atoms with Gasteiger partial charge < -0.3 is 9.80 Å². The molecule has 2 aliphatic heterocycles. The minimum Gasteiger partial charge on any atom is -0.338 e. The van der Waals surface area contributed by atoms with Crippen molar-refractivity contribution in [3.8, 4) is 0 Å². The summed E-state index contributed by atoms with van der Waals surface area (Å²) < 4.78 is 0. The molecule has 2 fully saturated rings. The summed E-state index contributed by atoms with van der Waals surface area (Å²) in [6.45, 7) is 4.37. The molecular weight excluding hydrogens is 308 g/mol. The van der Waals surface area contributed by atoms with Crippen LogP contribution in [0.3, 0.4) is 0 Å². The number of carbonyl (C=O) groups is 2. The van der Waals surface area contributed by atoms with Crippen LogP contribution < -0.4 is 4.90 Å². The van der Waals surface area contributed by atoms with E-state index in [9.17, 15) is 9.59 Å². The van der Waals surface area contributed by atoms with Gasteiger partial charge in [0.15, 0.2) is 0 Å². The first-order chi connectivity index (χ1) is 11.1. The normalized spacial score (nSPS) is 21.3. The summed E-state index contributed by atoms with van der Waals surface area (Å²) in [6.07, 6.45) is 4.65. The topological polar surface area (TPSA) is 40.6 Å². The van der Waals surface area contributed by atoms with Gasteiger partial charge in [-0.05, 0) is 49.8 Å². The number of rotatable bonds is 4. The first-order valence-electron chi connectivity index (χ1n) is 8.29. The molecule has 0 radical (unpaired) electrons. The Morgan fingerprint density at radius 1 is 1.35 bits per heavy atom. The Labute approximate surface area is 142 Å². The van der Waals surface area contributed by atoms with Crippen molar-refractivity contribution < 1.29 is 9.59 Å². The highest BCUT2D eigenvalue weighted by molar-refractivity contribution is 7.98. The summed E-state index contributed by atoms with van der Waals surface area (Å²) in [5, 5.41) is 0. The van der Waals surface area contributed by atoms with Gasteiger partial charge in [-0.2, -0.15) is 11.8 Å². The molecular formula is C18H24N2O2S. The SMILES string of the molecule is CSCC1CCN(C(=O)c2cc(C)ccc2N2CCCC2=O)C1. The second-order valence-electron chi connectivity index (χ2n) is 6.53. The quantitative estimate of drug-likeness (QED) is 0.851. The van der Waals surface area contributed by atoms with Crippen molar-refractivity contribution in [2.24, 2.45) is 5.92 Å². The third-order valence-corrected chi connectivity index (χ3v) is 5.53. The van der Waals surface area contributed by atoms with Crippen molar-refractivity contribution in [2.45, 2.75) is 26.2 Å². The summed E-state index contributed by atoms with van der Waals surface area (Å²) in [5.41, 5.74) is 2.53. The zero-order valence-electron chi connectivity index (χ0n) is 13.9. The Morgan fingerprint density at radius 3 is 2.87 bits per heavy atom. The Bertz CT molecular complexity index is 617. The van der Waals surface area contributed by atoms with Gasteiger partial charge in [0.05, 0.1) is 11.3 Å². The standard InChI is InChI=1S/C18H24N2O2S/c1-13-5-6-16(20-8-3-4-17(20)21)15(10-13)18(22)19-9-7-14(11-19)12-23-2/h5-6,10,14H,3-4,7-9,11-12H2,1-2H3. The maximum absolute atomic E-state index is 13.0. The Kier molecular flexibility index (Phi) is 4.95. The van der Waals surface area contributed by atoms with E-state index in [4.69, 9.17) is 0 Å². The van der Waals surface area contributed by atoms with Crippen molar-refractivity contribution in [2.75, 3.05) is 36.5 Å². The number of carbonyl (C=O) groups excluding carboxylic acids is 2. The molecule has 0 spiro atoms. The molecule has 0 aromatic heterocycles. The van der Waals surface area contributed by atoms with Crippen molar-refractivity contribution in [1.29, 1.82) is 0 Å². The number of anilines is 1. The van der Waals surface area contributed by atoms with Crippen LogP contribution in [0.4, 0.5) is 5.69 Å². The maximum Gasteiger partial charge on any atom is 0.255 e. The van der Waals surface area contributed by atoms with Crippen LogP contribution in [-0.2, 0) is 4.79 Å². The predicted octanol–water partition coefficient (Wildman–Crippen LogP) is 2.95. The van der Waals surface area contributed by atoms with Crippen LogP contribution in [-0.4, -0.2) is 48.4 Å². The minimum atomic E-state index is 0.0759. The van der Waals surface area contributed by atoms with Crippen LogP contribution in [0, 0.1) is 12.8 Å². The summed E-state index contributed by atoms with van der Waals surface area (Å²) >= 11 is 1.84. The summed E-state index contributed by atoms with van der Waals surface area (Å²) in [4.78, 5) is 28.8. The molecule has 0 aliphatic carbocycles. The van der Waals surface area contributed by atoms with E-state index in [-0.39, 0.29) is 11.8 Å². The van der Waals surface area contributed by atoms with E-state index in [0.29, 0.717) is 17.9 Å². The molecule has 0 N–H and O–H groups in total. The molecule has 1 atom stereocenters. The van der Waals surface area contributed by atoms with Gasteiger partial charge in [-0.1, -0.05) is 11.6 Å². The van der Waals surface area contributed by atoms with Crippen molar-refractivity contribution in [1.82, 2.24) is 4.90 Å². The molecule has 0 saturated carbocycles. The molecule has 124 valence electrons. The van der Waals surface area contributed by atoms with Crippen LogP contribution >= 0.6 is 11.8 Å². The van der Waals surface area contributed by atoms with Crippen molar-refractivity contribution in [3.63, 3.8) is 0 Å². The smallest absolute Gasteiger partial charge is 0.255 e. The van der Waals surface area contributed by atoms with E-state index in [1.54, 1.807) is 4.90 Å². The summed E-state index contributed by atoms with van der Waals surface area (Å²) in [6, 6.07) is 5.85. The molecule has 2 saturated heterocycles. The highest BCUT2D eigenvalue weighted by Gasteiger charge is 2.31. The molecule has 3 rings (SSSR count). The first-order valence-corrected chi connectivity index (χ1v) is 9.68. The third-order valence-electron chi connectivity index (χ3n) is 4.72. The van der Waals surface area contributed by atoms with Gasteiger partial charge >= 0.3 is 0 Å². The predicted molar refractivity (Wildman–Crippen MR) is 95.2 cm³/mol. The second kappa shape index (κ2) is 6.95. The van der Waals surface area contributed by atoms with Crippen LogP contribution in [0.25, 0.3) is 0 Å². The number of amides is 2. The minimum absolute atomic E-state index is 0.0759. The summed E-state index contributed by atoms with van der Waals surface area (Å²) in [7, 11) is 0. The van der Waals surface area contributed by atoms with Gasteiger partial charge in [0.1, 0.15) is 0 Å². The van der Waals surface area contributed by atoms with Gasteiger partial charge in [0.25, 0.3) is 5.91 Å². The summed E-state index contributed by atoms with van der Waals surface area (Å²) in [5.74, 6) is 1.90. The lowest BCUT2D eigenvalue weighted by Gasteiger charge is -2.23. The average Bonchev–Trinajstić information content (AvgIpc) is 3.16. The molecule has 4 nitrogen and oxygen atoms in total. The van der Waals surface area contributed by atoms with Crippen molar-refractivity contribution in [3.05, 3.63) is 29.3 Å². The van der Waals surface area contributed by atoms with E-state index in [1.165, 1.54) is 0 Å². The van der Waals surface area contributed by atoms with E-state index in [2.05, 4.69) is 6.26 Å². The third kappa shape index (κ3) is 3.39. The number of aryl methyl sites for hydroxylation is 1. The van der Waals surface area contributed by atoms with E-state index in [0.717, 1.165) is 49.5 Å². The molecule has 2 heterocycles. The van der Waals surface area contributed by atoms with Crippen molar-refractivity contribution >= 4 is 29.3 Å². The number of thioether (sulfide) groups is 1. The number of benzene rings is 1. The fraction of sp³-hybridized carbons (Fsp3) is 0.556. The zero-order valence-corrected chi connectivity index (χ0v) is 14.7. The maximum atomic E-state index is 13.0. The zero-order chi connectivity index (χ0) is 16.4. The van der Waals surface area contributed by atoms with Gasteiger partial charge in [0.2, 0.25) is 5.91 Å². The van der Waals surface area contributed by atoms with E-state index >= 15 is 0 Å². The lowest BCUT2D eigenvalue weighted by atomic mass is 10.1. The lowest BCUT2D eigenvalue weighted by Crippen LogP contribution is -2.32. The van der Waals surface area contributed by atoms with Gasteiger partial charge in [-0.25, -0.2) is 0 Å². The van der Waals surface area contributed by atoms with Crippen LogP contribution in [0.15, 0.2) is 18.2 Å². The molecule has 1 aromatic carbocycles. The molecule has 1 aromatic rings. The Morgan fingerprint density at radius 2 is 2.17 bits per heavy atom.